The van der Waals surface area contributed by atoms with Gasteiger partial charge in [-0.2, -0.15) is 23.5 Å². The molecule has 6 nitrogen and oxygen atoms in total. The standard InChI is InChI=1S/C9H15N5OS2/c10-9-12-6-14(13-9)4-8(15)11-3-7-5-16-1-2-17-7/h6-7H,1-5H2,(H2,10,13)(H,11,15). The van der Waals surface area contributed by atoms with Crippen molar-refractivity contribution in [1.29, 1.82) is 0 Å². The Labute approximate surface area is 108 Å². The summed E-state index contributed by atoms with van der Waals surface area (Å²) in [7, 11) is 0. The van der Waals surface area contributed by atoms with E-state index >= 15 is 0 Å². The summed E-state index contributed by atoms with van der Waals surface area (Å²) in [6.07, 6.45) is 1.46. The van der Waals surface area contributed by atoms with E-state index in [-0.39, 0.29) is 18.4 Å². The summed E-state index contributed by atoms with van der Waals surface area (Å²) >= 11 is 3.87. The maximum absolute atomic E-state index is 11.6. The molecule has 0 bridgehead atoms. The molecule has 1 aromatic heterocycles. The maximum atomic E-state index is 11.6. The second kappa shape index (κ2) is 6.15. The number of carbonyl (C=O) groups is 1. The van der Waals surface area contributed by atoms with E-state index < -0.39 is 0 Å². The maximum Gasteiger partial charge on any atom is 0.241 e. The number of amides is 1. The Morgan fingerprint density at radius 1 is 1.65 bits per heavy atom. The highest BCUT2D eigenvalue weighted by Gasteiger charge is 2.15. The monoisotopic (exact) mass is 273 g/mol. The number of hydrogen-bond donors (Lipinski definition) is 2. The number of nitrogens with two attached hydrogens (primary N) is 1. The van der Waals surface area contributed by atoms with Crippen molar-refractivity contribution < 1.29 is 4.79 Å². The minimum Gasteiger partial charge on any atom is -0.367 e. The number of hydrogen-bond acceptors (Lipinski definition) is 6. The molecule has 0 aliphatic carbocycles. The first-order valence-corrected chi connectivity index (χ1v) is 7.55. The lowest BCUT2D eigenvalue weighted by molar-refractivity contribution is -0.121. The molecule has 3 N–H and O–H groups in total. The number of anilines is 1. The lowest BCUT2D eigenvalue weighted by atomic mass is 10.4. The van der Waals surface area contributed by atoms with Gasteiger partial charge in [-0.15, -0.1) is 5.10 Å². The number of nitrogen functional groups attached to an aromatic ring is 1. The van der Waals surface area contributed by atoms with Gasteiger partial charge in [0.2, 0.25) is 11.9 Å². The van der Waals surface area contributed by atoms with Crippen molar-refractivity contribution in [2.75, 3.05) is 29.5 Å². The zero-order chi connectivity index (χ0) is 12.1. The van der Waals surface area contributed by atoms with Gasteiger partial charge in [-0.3, -0.25) is 4.79 Å². The largest absolute Gasteiger partial charge is 0.367 e. The third-order valence-corrected chi connectivity index (χ3v) is 5.12. The van der Waals surface area contributed by atoms with Gasteiger partial charge in [0.1, 0.15) is 12.9 Å². The molecule has 1 aliphatic heterocycles. The van der Waals surface area contributed by atoms with Crippen LogP contribution in [0.4, 0.5) is 5.95 Å². The molecule has 1 aliphatic rings. The predicted molar refractivity (Wildman–Crippen MR) is 71.0 cm³/mol. The van der Waals surface area contributed by atoms with Crippen molar-refractivity contribution >= 4 is 35.4 Å². The summed E-state index contributed by atoms with van der Waals surface area (Å²) in [4.78, 5) is 15.4. The fourth-order valence-electron chi connectivity index (χ4n) is 1.47. The summed E-state index contributed by atoms with van der Waals surface area (Å²) in [5.74, 6) is 3.64. The number of thioether (sulfide) groups is 2. The summed E-state index contributed by atoms with van der Waals surface area (Å²) in [6, 6.07) is 0. The van der Waals surface area contributed by atoms with E-state index in [4.69, 9.17) is 5.73 Å². The molecule has 1 aromatic rings. The first kappa shape index (κ1) is 12.6. The second-order valence-corrected chi connectivity index (χ2v) is 6.23. The van der Waals surface area contributed by atoms with Crippen LogP contribution in [0.5, 0.6) is 0 Å². The molecular weight excluding hydrogens is 258 g/mol. The summed E-state index contributed by atoms with van der Waals surface area (Å²) in [5, 5.41) is 7.29. The van der Waals surface area contributed by atoms with Crippen LogP contribution in [0, 0.1) is 0 Å². The number of nitrogens with zero attached hydrogens (tertiary/aromatic N) is 3. The van der Waals surface area contributed by atoms with Gasteiger partial charge < -0.3 is 11.1 Å². The van der Waals surface area contributed by atoms with Crippen LogP contribution in [0.2, 0.25) is 0 Å². The van der Waals surface area contributed by atoms with Crippen molar-refractivity contribution in [1.82, 2.24) is 20.1 Å². The van der Waals surface area contributed by atoms with Crippen LogP contribution < -0.4 is 11.1 Å². The Balaban J connectivity index is 1.70. The normalized spacial score (nSPS) is 20.1. The lowest BCUT2D eigenvalue weighted by Gasteiger charge is -2.21. The van der Waals surface area contributed by atoms with Crippen LogP contribution >= 0.6 is 23.5 Å². The van der Waals surface area contributed by atoms with Crippen LogP contribution in [0.15, 0.2) is 6.33 Å². The highest BCUT2D eigenvalue weighted by molar-refractivity contribution is 8.06. The van der Waals surface area contributed by atoms with Gasteiger partial charge in [-0.05, 0) is 0 Å². The zero-order valence-electron chi connectivity index (χ0n) is 9.33. The van der Waals surface area contributed by atoms with E-state index in [1.807, 2.05) is 23.5 Å². The first-order chi connectivity index (χ1) is 8.24. The summed E-state index contributed by atoms with van der Waals surface area (Å²) in [6.45, 7) is 0.898. The van der Waals surface area contributed by atoms with E-state index in [0.717, 1.165) is 12.3 Å². The van der Waals surface area contributed by atoms with E-state index in [9.17, 15) is 4.79 Å². The van der Waals surface area contributed by atoms with Crippen molar-refractivity contribution in [3.05, 3.63) is 6.33 Å². The summed E-state index contributed by atoms with van der Waals surface area (Å²) < 4.78 is 1.44. The second-order valence-electron chi connectivity index (χ2n) is 3.67. The molecule has 1 saturated heterocycles. The van der Waals surface area contributed by atoms with Crippen molar-refractivity contribution in [2.24, 2.45) is 0 Å². The average Bonchev–Trinajstić information content (AvgIpc) is 2.73. The molecular formula is C9H15N5OS2. The van der Waals surface area contributed by atoms with Crippen molar-refractivity contribution in [3.8, 4) is 0 Å². The molecule has 1 fully saturated rings. The Morgan fingerprint density at radius 2 is 2.53 bits per heavy atom. The Bertz CT molecular complexity index is 377. The molecule has 1 unspecified atom stereocenters. The van der Waals surface area contributed by atoms with Crippen LogP contribution in [0.1, 0.15) is 0 Å². The highest BCUT2D eigenvalue weighted by atomic mass is 32.2. The average molecular weight is 273 g/mol. The minimum absolute atomic E-state index is 0.0499. The predicted octanol–water partition coefficient (Wildman–Crippen LogP) is -0.175. The van der Waals surface area contributed by atoms with Crippen LogP contribution in [-0.4, -0.2) is 49.7 Å². The van der Waals surface area contributed by atoms with Crippen LogP contribution in [-0.2, 0) is 11.3 Å². The quantitative estimate of drug-likeness (QED) is 0.792. The Morgan fingerprint density at radius 3 is 3.18 bits per heavy atom. The van der Waals surface area contributed by atoms with Crippen molar-refractivity contribution in [2.45, 2.75) is 11.8 Å². The number of rotatable bonds is 4. The van der Waals surface area contributed by atoms with Gasteiger partial charge in [0.05, 0.1) is 0 Å². The van der Waals surface area contributed by atoms with Gasteiger partial charge in [-0.25, -0.2) is 9.67 Å². The SMILES string of the molecule is Nc1ncn(CC(=O)NCC2CSCCS2)n1. The lowest BCUT2D eigenvalue weighted by Crippen LogP contribution is -2.35. The fraction of sp³-hybridized carbons (Fsp3) is 0.667. The van der Waals surface area contributed by atoms with Crippen molar-refractivity contribution in [3.63, 3.8) is 0 Å². The molecule has 2 heterocycles. The van der Waals surface area contributed by atoms with Crippen LogP contribution in [0.3, 0.4) is 0 Å². The minimum atomic E-state index is -0.0499. The Hall–Kier alpha value is -0.890. The third-order valence-electron chi connectivity index (χ3n) is 2.27. The highest BCUT2D eigenvalue weighted by Crippen LogP contribution is 2.23. The molecule has 94 valence electrons. The molecule has 0 radical (unpaired) electrons. The zero-order valence-corrected chi connectivity index (χ0v) is 11.0. The number of nitrogens with one attached hydrogen (secondary N) is 1. The van der Waals surface area contributed by atoms with E-state index in [2.05, 4.69) is 15.4 Å². The van der Waals surface area contributed by atoms with E-state index in [1.54, 1.807) is 0 Å². The molecule has 0 spiro atoms. The van der Waals surface area contributed by atoms with E-state index in [1.165, 1.54) is 22.5 Å². The summed E-state index contributed by atoms with van der Waals surface area (Å²) in [5.41, 5.74) is 5.36. The first-order valence-electron chi connectivity index (χ1n) is 5.35. The molecule has 2 rings (SSSR count). The number of aromatic nitrogens is 3. The van der Waals surface area contributed by atoms with Crippen LogP contribution in [0.25, 0.3) is 0 Å². The molecule has 1 amide bonds. The molecule has 8 heteroatoms. The van der Waals surface area contributed by atoms with Gasteiger partial charge in [0.25, 0.3) is 0 Å². The Kier molecular flexibility index (Phi) is 4.55. The molecule has 1 atom stereocenters. The van der Waals surface area contributed by atoms with Gasteiger partial charge in [-0.1, -0.05) is 0 Å². The van der Waals surface area contributed by atoms with E-state index in [0.29, 0.717) is 5.25 Å². The fourth-order valence-corrected chi connectivity index (χ4v) is 4.08. The third kappa shape index (κ3) is 4.12. The molecule has 0 aromatic carbocycles. The number of carbonyl (C=O) groups excluding carboxylic acids is 1. The topological polar surface area (TPSA) is 85.8 Å². The molecule has 0 saturated carbocycles. The van der Waals surface area contributed by atoms with Gasteiger partial charge in [0, 0.05) is 29.1 Å². The smallest absolute Gasteiger partial charge is 0.241 e. The van der Waals surface area contributed by atoms with Gasteiger partial charge >= 0.3 is 0 Å². The van der Waals surface area contributed by atoms with Gasteiger partial charge in [0.15, 0.2) is 0 Å². The molecule has 17 heavy (non-hydrogen) atoms.